The molecule has 0 bridgehead atoms. The summed E-state index contributed by atoms with van der Waals surface area (Å²) in [5, 5.41) is 8.64. The van der Waals surface area contributed by atoms with Gasteiger partial charge in [-0.2, -0.15) is 0 Å². The maximum absolute atomic E-state index is 12.2. The second kappa shape index (κ2) is 6.89. The van der Waals surface area contributed by atoms with Crippen LogP contribution in [-0.2, 0) is 13.1 Å². The molecule has 2 aromatic rings. The number of hydrogen-bond acceptors (Lipinski definition) is 4. The highest BCUT2D eigenvalue weighted by atomic mass is 35.5. The van der Waals surface area contributed by atoms with Gasteiger partial charge in [0.2, 0.25) is 0 Å². The van der Waals surface area contributed by atoms with Crippen molar-refractivity contribution in [2.24, 2.45) is 5.73 Å². The molecule has 0 aliphatic carbocycles. The van der Waals surface area contributed by atoms with Crippen molar-refractivity contribution in [1.82, 2.24) is 19.9 Å². The molecule has 112 valence electrons. The third kappa shape index (κ3) is 3.93. The van der Waals surface area contributed by atoms with Gasteiger partial charge >= 0.3 is 0 Å². The number of carbonyl (C=O) groups excluding carboxylic acids is 1. The van der Waals surface area contributed by atoms with Gasteiger partial charge in [-0.3, -0.25) is 9.48 Å². The van der Waals surface area contributed by atoms with Gasteiger partial charge in [0, 0.05) is 20.1 Å². The summed E-state index contributed by atoms with van der Waals surface area (Å²) in [6.07, 6.45) is 1.58. The monoisotopic (exact) mass is 327 g/mol. The van der Waals surface area contributed by atoms with E-state index in [1.54, 1.807) is 30.1 Å². The third-order valence-electron chi connectivity index (χ3n) is 2.87. The molecular weight excluding hydrogens is 313 g/mol. The third-order valence-corrected chi connectivity index (χ3v) is 3.61. The first kappa shape index (κ1) is 15.8. The Bertz CT molecular complexity index is 643. The molecule has 2 N–H and O–H groups in total. The van der Waals surface area contributed by atoms with Gasteiger partial charge in [-0.1, -0.05) is 34.5 Å². The zero-order chi connectivity index (χ0) is 15.4. The Hall–Kier alpha value is -1.63. The summed E-state index contributed by atoms with van der Waals surface area (Å²) in [5.41, 5.74) is 6.59. The summed E-state index contributed by atoms with van der Waals surface area (Å²) < 4.78 is 1.54. The van der Waals surface area contributed by atoms with E-state index in [1.165, 1.54) is 4.90 Å². The molecule has 21 heavy (non-hydrogen) atoms. The number of rotatable bonds is 5. The Labute approximate surface area is 132 Å². The molecule has 8 heteroatoms. The minimum Gasteiger partial charge on any atom is -0.336 e. The number of carbonyl (C=O) groups is 1. The van der Waals surface area contributed by atoms with Crippen molar-refractivity contribution >= 4 is 29.1 Å². The predicted octanol–water partition coefficient (Wildman–Crippen LogP) is 1.82. The van der Waals surface area contributed by atoms with Crippen LogP contribution < -0.4 is 5.73 Å². The summed E-state index contributed by atoms with van der Waals surface area (Å²) in [4.78, 5) is 13.8. The lowest BCUT2D eigenvalue weighted by Crippen LogP contribution is -2.26. The molecule has 0 saturated carbocycles. The Morgan fingerprint density at radius 3 is 2.81 bits per heavy atom. The molecule has 1 aromatic carbocycles. The molecule has 0 aliphatic heterocycles. The Kier molecular flexibility index (Phi) is 5.17. The first-order valence-corrected chi connectivity index (χ1v) is 7.06. The van der Waals surface area contributed by atoms with Crippen molar-refractivity contribution < 1.29 is 4.79 Å². The Balaban J connectivity index is 2.05. The van der Waals surface area contributed by atoms with E-state index in [1.807, 2.05) is 6.07 Å². The number of hydrogen-bond donors (Lipinski definition) is 1. The molecule has 6 nitrogen and oxygen atoms in total. The van der Waals surface area contributed by atoms with Crippen LogP contribution in [0.5, 0.6) is 0 Å². The topological polar surface area (TPSA) is 77.0 Å². The molecular formula is C13H15Cl2N5O. The molecule has 1 heterocycles. The fraction of sp³-hybridized carbons (Fsp3) is 0.308. The van der Waals surface area contributed by atoms with E-state index in [-0.39, 0.29) is 11.6 Å². The summed E-state index contributed by atoms with van der Waals surface area (Å²) in [7, 11) is 1.69. The molecule has 0 unspecified atom stereocenters. The van der Waals surface area contributed by atoms with Crippen LogP contribution in [0.1, 0.15) is 16.1 Å². The van der Waals surface area contributed by atoms with Gasteiger partial charge in [0.05, 0.1) is 22.8 Å². The van der Waals surface area contributed by atoms with Crippen LogP contribution >= 0.6 is 23.2 Å². The van der Waals surface area contributed by atoms with Gasteiger partial charge in [-0.05, 0) is 17.7 Å². The number of aromatic nitrogens is 3. The van der Waals surface area contributed by atoms with E-state index in [0.717, 1.165) is 5.56 Å². The minimum absolute atomic E-state index is 0.218. The molecule has 1 aromatic heterocycles. The first-order valence-electron chi connectivity index (χ1n) is 6.31. The fourth-order valence-electron chi connectivity index (χ4n) is 1.82. The van der Waals surface area contributed by atoms with Gasteiger partial charge in [0.15, 0.2) is 5.69 Å². The van der Waals surface area contributed by atoms with Crippen molar-refractivity contribution in [1.29, 1.82) is 0 Å². The first-order chi connectivity index (χ1) is 10.0. The van der Waals surface area contributed by atoms with E-state index in [4.69, 9.17) is 28.9 Å². The molecule has 1 amide bonds. The maximum atomic E-state index is 12.2. The average molecular weight is 328 g/mol. The van der Waals surface area contributed by atoms with Gasteiger partial charge in [-0.15, -0.1) is 5.10 Å². The zero-order valence-electron chi connectivity index (χ0n) is 11.5. The minimum atomic E-state index is -0.218. The number of nitrogens with zero attached hydrogens (tertiary/aromatic N) is 4. The number of benzene rings is 1. The van der Waals surface area contributed by atoms with Crippen LogP contribution in [-0.4, -0.2) is 39.4 Å². The molecule has 2 rings (SSSR count). The lowest BCUT2D eigenvalue weighted by atomic mass is 10.2. The summed E-state index contributed by atoms with van der Waals surface area (Å²) in [5.74, 6) is -0.218. The van der Waals surface area contributed by atoms with E-state index < -0.39 is 0 Å². The molecule has 0 atom stereocenters. The highest BCUT2D eigenvalue weighted by molar-refractivity contribution is 6.42. The summed E-state index contributed by atoms with van der Waals surface area (Å²) in [6.45, 7) is 1.37. The van der Waals surface area contributed by atoms with E-state index in [9.17, 15) is 4.79 Å². The fourth-order valence-corrected chi connectivity index (χ4v) is 2.14. The number of halogens is 2. The van der Waals surface area contributed by atoms with Crippen LogP contribution in [0.2, 0.25) is 10.0 Å². The number of nitrogens with two attached hydrogens (primary N) is 1. The quantitative estimate of drug-likeness (QED) is 0.908. The highest BCUT2D eigenvalue weighted by Crippen LogP contribution is 2.23. The molecule has 0 saturated heterocycles. The standard InChI is InChI=1S/C13H15Cl2N5O/c1-19(7-9-2-3-10(14)11(15)6-9)13(21)12-8-20(5-4-16)18-17-12/h2-3,6,8H,4-5,7,16H2,1H3. The lowest BCUT2D eigenvalue weighted by Gasteiger charge is -2.16. The van der Waals surface area contributed by atoms with E-state index >= 15 is 0 Å². The summed E-state index contributed by atoms with van der Waals surface area (Å²) in [6, 6.07) is 5.26. The predicted molar refractivity (Wildman–Crippen MR) is 81.3 cm³/mol. The normalized spacial score (nSPS) is 10.7. The van der Waals surface area contributed by atoms with Crippen molar-refractivity contribution in [2.45, 2.75) is 13.1 Å². The molecule has 0 spiro atoms. The second-order valence-corrected chi connectivity index (χ2v) is 5.38. The highest BCUT2D eigenvalue weighted by Gasteiger charge is 2.16. The van der Waals surface area contributed by atoms with Gasteiger partial charge in [-0.25, -0.2) is 0 Å². The SMILES string of the molecule is CN(Cc1ccc(Cl)c(Cl)c1)C(=O)c1cn(CCN)nn1. The largest absolute Gasteiger partial charge is 0.336 e. The van der Waals surface area contributed by atoms with E-state index in [0.29, 0.717) is 29.7 Å². The maximum Gasteiger partial charge on any atom is 0.276 e. The Morgan fingerprint density at radius 2 is 2.14 bits per heavy atom. The van der Waals surface area contributed by atoms with Crippen molar-refractivity contribution in [2.75, 3.05) is 13.6 Å². The van der Waals surface area contributed by atoms with Gasteiger partial charge in [0.1, 0.15) is 0 Å². The average Bonchev–Trinajstić information content (AvgIpc) is 2.91. The van der Waals surface area contributed by atoms with Crippen molar-refractivity contribution in [3.8, 4) is 0 Å². The van der Waals surface area contributed by atoms with Gasteiger partial charge < -0.3 is 10.6 Å². The zero-order valence-corrected chi connectivity index (χ0v) is 13.0. The molecule has 0 radical (unpaired) electrons. The van der Waals surface area contributed by atoms with Crippen LogP contribution in [0, 0.1) is 0 Å². The second-order valence-electron chi connectivity index (χ2n) is 4.57. The number of amides is 1. The van der Waals surface area contributed by atoms with Gasteiger partial charge in [0.25, 0.3) is 5.91 Å². The summed E-state index contributed by atoms with van der Waals surface area (Å²) >= 11 is 11.8. The Morgan fingerprint density at radius 1 is 1.38 bits per heavy atom. The smallest absolute Gasteiger partial charge is 0.276 e. The lowest BCUT2D eigenvalue weighted by molar-refractivity contribution is 0.0779. The van der Waals surface area contributed by atoms with Crippen molar-refractivity contribution in [3.63, 3.8) is 0 Å². The molecule has 0 fully saturated rings. The van der Waals surface area contributed by atoms with Crippen LogP contribution in [0.3, 0.4) is 0 Å². The van der Waals surface area contributed by atoms with E-state index in [2.05, 4.69) is 10.3 Å². The molecule has 0 aliphatic rings. The van der Waals surface area contributed by atoms with Crippen LogP contribution in [0.4, 0.5) is 0 Å². The van der Waals surface area contributed by atoms with Crippen molar-refractivity contribution in [3.05, 3.63) is 45.7 Å². The van der Waals surface area contributed by atoms with Crippen LogP contribution in [0.25, 0.3) is 0 Å². The van der Waals surface area contributed by atoms with Crippen LogP contribution in [0.15, 0.2) is 24.4 Å².